The number of hydrogen-bond acceptors (Lipinski definition) is 9. The average molecular weight is 517 g/mol. The van der Waals surface area contributed by atoms with Gasteiger partial charge in [-0.2, -0.15) is 0 Å². The number of anilines is 2. The summed E-state index contributed by atoms with van der Waals surface area (Å²) in [5.74, 6) is -1.85. The van der Waals surface area contributed by atoms with Crippen LogP contribution in [-0.4, -0.2) is 44.3 Å². The van der Waals surface area contributed by atoms with Gasteiger partial charge in [0.25, 0.3) is 15.9 Å². The zero-order chi connectivity index (χ0) is 26.3. The second-order valence-electron chi connectivity index (χ2n) is 7.87. The molecule has 1 aromatic heterocycles. The standard InChI is InChI=1S/C23H28N6O6S/c24-14-5-3-6-15(13-14)36(33,34)29-17-8-2-1-7-16(17)19-10-11-20(35-19)21(30)28-18(22(31)32)9-4-12-27-23(25)26/h1-3,5-8,10-11,13,18,23,27,29H,4,9,12,24-26H2,(H,28,30)(H,31,32)/t18-/m0/s1. The summed E-state index contributed by atoms with van der Waals surface area (Å²) in [4.78, 5) is 24.2. The van der Waals surface area contributed by atoms with E-state index in [-0.39, 0.29) is 28.5 Å². The van der Waals surface area contributed by atoms with Crippen LogP contribution in [0.3, 0.4) is 0 Å². The molecule has 0 fully saturated rings. The number of carbonyl (C=O) groups is 2. The van der Waals surface area contributed by atoms with Gasteiger partial charge in [0.05, 0.1) is 10.6 Å². The number of benzene rings is 2. The number of sulfonamides is 1. The van der Waals surface area contributed by atoms with Gasteiger partial charge in [0.15, 0.2) is 5.76 Å². The molecule has 192 valence electrons. The summed E-state index contributed by atoms with van der Waals surface area (Å²) in [6, 6.07) is 14.0. The number of furan rings is 1. The van der Waals surface area contributed by atoms with E-state index in [2.05, 4.69) is 15.4 Å². The number of para-hydroxylation sites is 1. The predicted octanol–water partition coefficient (Wildman–Crippen LogP) is 1.08. The minimum atomic E-state index is -3.95. The third kappa shape index (κ3) is 7.05. The summed E-state index contributed by atoms with van der Waals surface area (Å²) in [6.45, 7) is 0.379. The average Bonchev–Trinajstić information content (AvgIpc) is 3.31. The number of aliphatic carboxylic acids is 1. The summed E-state index contributed by atoms with van der Waals surface area (Å²) in [5, 5.41) is 14.6. The van der Waals surface area contributed by atoms with Crippen molar-refractivity contribution in [2.24, 2.45) is 11.5 Å². The molecule has 0 unspecified atom stereocenters. The number of carbonyl (C=O) groups excluding carboxylic acids is 1. The van der Waals surface area contributed by atoms with Gasteiger partial charge in [-0.25, -0.2) is 13.2 Å². The SMILES string of the molecule is Nc1cccc(S(=O)(=O)Nc2ccccc2-c2ccc(C(=O)N[C@@H](CCCNC(N)N)C(=O)O)o2)c1. The topological polar surface area (TPSA) is 216 Å². The van der Waals surface area contributed by atoms with Gasteiger partial charge in [-0.05, 0) is 61.9 Å². The normalized spacial score (nSPS) is 12.3. The van der Waals surface area contributed by atoms with Gasteiger partial charge in [-0.3, -0.25) is 14.8 Å². The van der Waals surface area contributed by atoms with Crippen molar-refractivity contribution in [1.82, 2.24) is 10.6 Å². The van der Waals surface area contributed by atoms with Gasteiger partial charge in [0.1, 0.15) is 18.1 Å². The van der Waals surface area contributed by atoms with E-state index in [4.69, 9.17) is 21.6 Å². The van der Waals surface area contributed by atoms with Gasteiger partial charge in [-0.1, -0.05) is 18.2 Å². The van der Waals surface area contributed by atoms with Crippen LogP contribution in [-0.2, 0) is 14.8 Å². The number of nitrogens with two attached hydrogens (primary N) is 3. The molecule has 0 aliphatic rings. The van der Waals surface area contributed by atoms with Crippen molar-refractivity contribution in [3.8, 4) is 11.3 Å². The van der Waals surface area contributed by atoms with Gasteiger partial charge in [-0.15, -0.1) is 0 Å². The molecule has 1 amide bonds. The van der Waals surface area contributed by atoms with Crippen LogP contribution in [0.25, 0.3) is 11.3 Å². The first-order valence-corrected chi connectivity index (χ1v) is 12.4. The molecular formula is C23H28N6O6S. The fourth-order valence-electron chi connectivity index (χ4n) is 3.34. The van der Waals surface area contributed by atoms with Crippen LogP contribution < -0.4 is 32.6 Å². The summed E-state index contributed by atoms with van der Waals surface area (Å²) >= 11 is 0. The Morgan fingerprint density at radius 1 is 1.03 bits per heavy atom. The lowest BCUT2D eigenvalue weighted by molar-refractivity contribution is -0.139. The lowest BCUT2D eigenvalue weighted by atomic mass is 10.1. The zero-order valence-corrected chi connectivity index (χ0v) is 20.0. The van der Waals surface area contributed by atoms with Gasteiger partial charge in [0.2, 0.25) is 0 Å². The van der Waals surface area contributed by atoms with Crippen LogP contribution in [0, 0.1) is 0 Å². The number of carboxylic acids is 1. The van der Waals surface area contributed by atoms with E-state index < -0.39 is 34.2 Å². The van der Waals surface area contributed by atoms with Gasteiger partial charge in [0, 0.05) is 11.3 Å². The Morgan fingerprint density at radius 2 is 1.78 bits per heavy atom. The van der Waals surface area contributed by atoms with E-state index in [1.54, 1.807) is 30.3 Å². The Morgan fingerprint density at radius 3 is 2.47 bits per heavy atom. The highest BCUT2D eigenvalue weighted by atomic mass is 32.2. The summed E-state index contributed by atoms with van der Waals surface area (Å²) in [7, 11) is -3.95. The highest BCUT2D eigenvalue weighted by Gasteiger charge is 2.23. The van der Waals surface area contributed by atoms with Crippen molar-refractivity contribution in [1.29, 1.82) is 0 Å². The predicted molar refractivity (Wildman–Crippen MR) is 134 cm³/mol. The fourth-order valence-corrected chi connectivity index (χ4v) is 4.47. The van der Waals surface area contributed by atoms with E-state index in [0.29, 0.717) is 24.2 Å². The van der Waals surface area contributed by atoms with Crippen LogP contribution in [0.15, 0.2) is 70.0 Å². The molecule has 3 rings (SSSR count). The van der Waals surface area contributed by atoms with Gasteiger partial charge < -0.3 is 32.0 Å². The lowest BCUT2D eigenvalue weighted by Gasteiger charge is -2.14. The molecule has 0 saturated carbocycles. The van der Waals surface area contributed by atoms with Crippen LogP contribution in [0.5, 0.6) is 0 Å². The molecule has 10 N–H and O–H groups in total. The van der Waals surface area contributed by atoms with Crippen LogP contribution in [0.1, 0.15) is 23.4 Å². The number of carboxylic acid groups (broad SMARTS) is 1. The third-order valence-corrected chi connectivity index (χ3v) is 6.45. The van der Waals surface area contributed by atoms with Crippen molar-refractivity contribution in [2.75, 3.05) is 17.0 Å². The molecule has 2 aromatic carbocycles. The molecule has 13 heteroatoms. The monoisotopic (exact) mass is 516 g/mol. The van der Waals surface area contributed by atoms with Crippen molar-refractivity contribution >= 4 is 33.3 Å². The quantitative estimate of drug-likeness (QED) is 0.103. The largest absolute Gasteiger partial charge is 0.480 e. The highest BCUT2D eigenvalue weighted by molar-refractivity contribution is 7.92. The molecular weight excluding hydrogens is 488 g/mol. The maximum atomic E-state index is 12.8. The molecule has 0 bridgehead atoms. The van der Waals surface area contributed by atoms with Crippen molar-refractivity contribution in [3.05, 3.63) is 66.4 Å². The van der Waals surface area contributed by atoms with Crippen molar-refractivity contribution in [2.45, 2.75) is 30.1 Å². The summed E-state index contributed by atoms with van der Waals surface area (Å²) in [6.07, 6.45) is -0.169. The zero-order valence-electron chi connectivity index (χ0n) is 19.2. The molecule has 12 nitrogen and oxygen atoms in total. The second-order valence-corrected chi connectivity index (χ2v) is 9.56. The summed E-state index contributed by atoms with van der Waals surface area (Å²) in [5.41, 5.74) is 17.4. The van der Waals surface area contributed by atoms with Crippen molar-refractivity contribution < 1.29 is 27.5 Å². The van der Waals surface area contributed by atoms with Crippen molar-refractivity contribution in [3.63, 3.8) is 0 Å². The molecule has 1 atom stereocenters. The Bertz CT molecular complexity index is 1320. The van der Waals surface area contributed by atoms with Crippen LogP contribution in [0.4, 0.5) is 11.4 Å². The maximum absolute atomic E-state index is 12.8. The first kappa shape index (κ1) is 26.7. The molecule has 36 heavy (non-hydrogen) atoms. The molecule has 0 saturated heterocycles. The first-order chi connectivity index (χ1) is 17.1. The number of nitrogen functional groups attached to an aromatic ring is 1. The first-order valence-electron chi connectivity index (χ1n) is 10.9. The minimum Gasteiger partial charge on any atom is -0.480 e. The molecule has 0 aliphatic carbocycles. The van der Waals surface area contributed by atoms with Gasteiger partial charge >= 0.3 is 5.97 Å². The van der Waals surface area contributed by atoms with E-state index in [1.807, 2.05) is 0 Å². The smallest absolute Gasteiger partial charge is 0.326 e. The number of rotatable bonds is 12. The van der Waals surface area contributed by atoms with Crippen LogP contribution in [0.2, 0.25) is 0 Å². The van der Waals surface area contributed by atoms with E-state index >= 15 is 0 Å². The maximum Gasteiger partial charge on any atom is 0.326 e. The lowest BCUT2D eigenvalue weighted by Crippen LogP contribution is -2.46. The molecule has 1 heterocycles. The van der Waals surface area contributed by atoms with E-state index in [1.165, 1.54) is 30.3 Å². The van der Waals surface area contributed by atoms with E-state index in [0.717, 1.165) is 0 Å². The minimum absolute atomic E-state index is 0.0137. The third-order valence-electron chi connectivity index (χ3n) is 5.09. The Labute approximate surface area is 207 Å². The molecule has 0 spiro atoms. The fraction of sp³-hybridized carbons (Fsp3) is 0.217. The Balaban J connectivity index is 1.75. The molecule has 3 aromatic rings. The van der Waals surface area contributed by atoms with E-state index in [9.17, 15) is 23.1 Å². The number of nitrogens with one attached hydrogen (secondary N) is 3. The summed E-state index contributed by atoms with van der Waals surface area (Å²) < 4.78 is 33.8. The molecule has 0 aliphatic heterocycles. The Hall–Kier alpha value is -3.91. The number of hydrogen-bond donors (Lipinski definition) is 7. The van der Waals surface area contributed by atoms with Crippen LogP contribution >= 0.6 is 0 Å². The highest BCUT2D eigenvalue weighted by Crippen LogP contribution is 2.31. The number of amides is 1. The Kier molecular flexibility index (Phi) is 8.66. The molecule has 0 radical (unpaired) electrons. The second kappa shape index (κ2) is 11.7.